The summed E-state index contributed by atoms with van der Waals surface area (Å²) in [6.45, 7) is 0. The molecule has 19 heavy (non-hydrogen) atoms. The SMILES string of the molecule is COc1ccccc1C(NN)c1cc(Br)ccc1F. The van der Waals surface area contributed by atoms with Gasteiger partial charge in [0.1, 0.15) is 11.6 Å². The van der Waals surface area contributed by atoms with Crippen molar-refractivity contribution in [2.45, 2.75) is 6.04 Å². The number of hydrogen-bond acceptors (Lipinski definition) is 3. The molecule has 0 aliphatic heterocycles. The van der Waals surface area contributed by atoms with Crippen molar-refractivity contribution in [3.8, 4) is 5.75 Å². The molecule has 0 fully saturated rings. The predicted octanol–water partition coefficient (Wildman–Crippen LogP) is 3.15. The van der Waals surface area contributed by atoms with Crippen LogP contribution in [0.25, 0.3) is 0 Å². The van der Waals surface area contributed by atoms with Gasteiger partial charge in [-0.25, -0.2) is 9.82 Å². The van der Waals surface area contributed by atoms with Crippen molar-refractivity contribution in [2.24, 2.45) is 5.84 Å². The molecular formula is C14H14BrFN2O. The molecule has 0 heterocycles. The van der Waals surface area contributed by atoms with E-state index >= 15 is 0 Å². The first-order chi connectivity index (χ1) is 9.17. The van der Waals surface area contributed by atoms with E-state index in [-0.39, 0.29) is 5.82 Å². The number of benzene rings is 2. The summed E-state index contributed by atoms with van der Waals surface area (Å²) in [5, 5.41) is 0. The second-order valence-electron chi connectivity index (χ2n) is 4.01. The Hall–Kier alpha value is -1.43. The molecule has 3 nitrogen and oxygen atoms in total. The Kier molecular flexibility index (Phi) is 4.52. The molecule has 1 unspecified atom stereocenters. The first-order valence-electron chi connectivity index (χ1n) is 5.71. The second-order valence-corrected chi connectivity index (χ2v) is 4.92. The highest BCUT2D eigenvalue weighted by Gasteiger charge is 2.20. The molecule has 0 amide bonds. The molecule has 3 N–H and O–H groups in total. The van der Waals surface area contributed by atoms with E-state index < -0.39 is 6.04 Å². The van der Waals surface area contributed by atoms with Crippen LogP contribution in [-0.4, -0.2) is 7.11 Å². The van der Waals surface area contributed by atoms with Crippen LogP contribution in [0, 0.1) is 5.82 Å². The van der Waals surface area contributed by atoms with Crippen LogP contribution in [0.2, 0.25) is 0 Å². The third-order valence-corrected chi connectivity index (χ3v) is 3.38. The summed E-state index contributed by atoms with van der Waals surface area (Å²) in [5.74, 6) is 5.93. The zero-order valence-electron chi connectivity index (χ0n) is 10.4. The smallest absolute Gasteiger partial charge is 0.128 e. The normalized spacial score (nSPS) is 12.2. The fourth-order valence-electron chi connectivity index (χ4n) is 1.99. The number of rotatable bonds is 4. The third kappa shape index (κ3) is 2.94. The van der Waals surface area contributed by atoms with Crippen LogP contribution in [0.5, 0.6) is 5.75 Å². The summed E-state index contributed by atoms with van der Waals surface area (Å²) >= 11 is 3.34. The topological polar surface area (TPSA) is 47.3 Å². The van der Waals surface area contributed by atoms with Gasteiger partial charge in [-0.1, -0.05) is 34.1 Å². The number of hydrazine groups is 1. The largest absolute Gasteiger partial charge is 0.496 e. The Bertz CT molecular complexity index is 577. The molecule has 0 radical (unpaired) electrons. The molecular weight excluding hydrogens is 311 g/mol. The Morgan fingerprint density at radius 1 is 1.21 bits per heavy atom. The van der Waals surface area contributed by atoms with E-state index in [2.05, 4.69) is 21.4 Å². The first kappa shape index (κ1) is 14.0. The number of nitrogens with one attached hydrogen (secondary N) is 1. The van der Waals surface area contributed by atoms with Gasteiger partial charge in [0.05, 0.1) is 13.2 Å². The quantitative estimate of drug-likeness (QED) is 0.671. The zero-order valence-corrected chi connectivity index (χ0v) is 11.9. The average Bonchev–Trinajstić information content (AvgIpc) is 2.44. The summed E-state index contributed by atoms with van der Waals surface area (Å²) in [4.78, 5) is 0. The van der Waals surface area contributed by atoms with Gasteiger partial charge in [0, 0.05) is 15.6 Å². The van der Waals surface area contributed by atoms with Crippen LogP contribution >= 0.6 is 15.9 Å². The number of methoxy groups -OCH3 is 1. The Labute approximate surface area is 119 Å². The number of hydrogen-bond donors (Lipinski definition) is 2. The van der Waals surface area contributed by atoms with E-state index in [1.165, 1.54) is 6.07 Å². The average molecular weight is 325 g/mol. The van der Waals surface area contributed by atoms with Crippen molar-refractivity contribution < 1.29 is 9.13 Å². The lowest BCUT2D eigenvalue weighted by Gasteiger charge is -2.20. The van der Waals surface area contributed by atoms with E-state index in [1.807, 2.05) is 24.3 Å². The molecule has 5 heteroatoms. The first-order valence-corrected chi connectivity index (χ1v) is 6.50. The minimum absolute atomic E-state index is 0.322. The summed E-state index contributed by atoms with van der Waals surface area (Å²) in [6, 6.07) is 11.7. The van der Waals surface area contributed by atoms with Crippen molar-refractivity contribution in [3.05, 3.63) is 63.9 Å². The van der Waals surface area contributed by atoms with Gasteiger partial charge < -0.3 is 4.74 Å². The fourth-order valence-corrected chi connectivity index (χ4v) is 2.37. The van der Waals surface area contributed by atoms with E-state index in [1.54, 1.807) is 19.2 Å². The maximum atomic E-state index is 14.0. The number of para-hydroxylation sites is 1. The van der Waals surface area contributed by atoms with Gasteiger partial charge in [0.25, 0.3) is 0 Å². The van der Waals surface area contributed by atoms with Crippen LogP contribution in [0.4, 0.5) is 4.39 Å². The molecule has 0 saturated heterocycles. The predicted molar refractivity (Wildman–Crippen MR) is 76.3 cm³/mol. The number of nitrogens with two attached hydrogens (primary N) is 1. The Morgan fingerprint density at radius 3 is 2.63 bits per heavy atom. The monoisotopic (exact) mass is 324 g/mol. The van der Waals surface area contributed by atoms with Gasteiger partial charge >= 0.3 is 0 Å². The standard InChI is InChI=1S/C14H14BrFN2O/c1-19-13-5-3-2-4-10(13)14(18-17)11-8-9(15)6-7-12(11)16/h2-8,14,18H,17H2,1H3. The number of ether oxygens (including phenoxy) is 1. The molecule has 0 bridgehead atoms. The maximum absolute atomic E-state index is 14.0. The van der Waals surface area contributed by atoms with Crippen LogP contribution in [0.3, 0.4) is 0 Å². The summed E-state index contributed by atoms with van der Waals surface area (Å²) in [5.41, 5.74) is 3.88. The van der Waals surface area contributed by atoms with Crippen molar-refractivity contribution >= 4 is 15.9 Å². The summed E-state index contributed by atoms with van der Waals surface area (Å²) in [7, 11) is 1.57. The van der Waals surface area contributed by atoms with Crippen molar-refractivity contribution in [3.63, 3.8) is 0 Å². The van der Waals surface area contributed by atoms with Gasteiger partial charge in [-0.15, -0.1) is 0 Å². The van der Waals surface area contributed by atoms with Gasteiger partial charge in [-0.3, -0.25) is 5.84 Å². The molecule has 2 rings (SSSR count). The maximum Gasteiger partial charge on any atom is 0.128 e. The molecule has 0 spiro atoms. The minimum Gasteiger partial charge on any atom is -0.496 e. The molecule has 0 aliphatic rings. The summed E-state index contributed by atoms with van der Waals surface area (Å²) in [6.07, 6.45) is 0. The van der Waals surface area contributed by atoms with Crippen LogP contribution in [-0.2, 0) is 0 Å². The van der Waals surface area contributed by atoms with Crippen molar-refractivity contribution in [1.82, 2.24) is 5.43 Å². The van der Waals surface area contributed by atoms with E-state index in [9.17, 15) is 4.39 Å². The van der Waals surface area contributed by atoms with E-state index in [4.69, 9.17) is 10.6 Å². The molecule has 0 aromatic heterocycles. The van der Waals surface area contributed by atoms with Gasteiger partial charge in [-0.05, 0) is 24.3 Å². The minimum atomic E-state index is -0.478. The highest BCUT2D eigenvalue weighted by molar-refractivity contribution is 9.10. The molecule has 1 atom stereocenters. The molecule has 0 aliphatic carbocycles. The lowest BCUT2D eigenvalue weighted by molar-refractivity contribution is 0.403. The van der Waals surface area contributed by atoms with Crippen molar-refractivity contribution in [2.75, 3.05) is 7.11 Å². The lowest BCUT2D eigenvalue weighted by atomic mass is 9.98. The third-order valence-electron chi connectivity index (χ3n) is 2.89. The molecule has 100 valence electrons. The molecule has 2 aromatic rings. The van der Waals surface area contributed by atoms with E-state index in [0.717, 1.165) is 10.0 Å². The zero-order chi connectivity index (χ0) is 13.8. The van der Waals surface area contributed by atoms with Crippen LogP contribution in [0.1, 0.15) is 17.2 Å². The second kappa shape index (κ2) is 6.14. The van der Waals surface area contributed by atoms with Crippen LogP contribution < -0.4 is 16.0 Å². The van der Waals surface area contributed by atoms with Gasteiger partial charge in [0.2, 0.25) is 0 Å². The van der Waals surface area contributed by atoms with Crippen LogP contribution in [0.15, 0.2) is 46.9 Å². The van der Waals surface area contributed by atoms with E-state index in [0.29, 0.717) is 11.3 Å². The highest BCUT2D eigenvalue weighted by atomic mass is 79.9. The molecule has 0 saturated carbocycles. The van der Waals surface area contributed by atoms with Gasteiger partial charge in [0.15, 0.2) is 0 Å². The Morgan fingerprint density at radius 2 is 1.95 bits per heavy atom. The number of halogens is 2. The Balaban J connectivity index is 2.53. The van der Waals surface area contributed by atoms with Crippen molar-refractivity contribution in [1.29, 1.82) is 0 Å². The lowest BCUT2D eigenvalue weighted by Crippen LogP contribution is -2.29. The van der Waals surface area contributed by atoms with Gasteiger partial charge in [-0.2, -0.15) is 0 Å². The highest BCUT2D eigenvalue weighted by Crippen LogP contribution is 2.31. The molecule has 2 aromatic carbocycles. The fraction of sp³-hybridized carbons (Fsp3) is 0.143. The summed E-state index contributed by atoms with van der Waals surface area (Å²) < 4.78 is 20.1.